The van der Waals surface area contributed by atoms with Crippen molar-refractivity contribution >= 4 is 17.3 Å². The molecule has 2 aromatic rings. The summed E-state index contributed by atoms with van der Waals surface area (Å²) in [6.07, 6.45) is 0. The maximum absolute atomic E-state index is 12.0. The first-order chi connectivity index (χ1) is 9.88. The molecule has 110 valence electrons. The van der Waals surface area contributed by atoms with Crippen LogP contribution in [-0.2, 0) is 0 Å². The second kappa shape index (κ2) is 5.70. The van der Waals surface area contributed by atoms with Gasteiger partial charge in [0.05, 0.1) is 4.92 Å². The highest BCUT2D eigenvalue weighted by Crippen LogP contribution is 2.21. The number of anilines is 1. The smallest absolute Gasteiger partial charge is 0.295 e. The summed E-state index contributed by atoms with van der Waals surface area (Å²) in [5.41, 5.74) is 0.933. The number of hydrogen-bond acceptors (Lipinski definition) is 5. The first-order valence-corrected chi connectivity index (χ1v) is 6.37. The number of carbonyl (C=O) groups is 1. The SMILES string of the molecule is Cc1cc(NC(=O)c2n[nH]c(C(C)C)n2)ccc1[N+](=O)[O-]. The molecule has 2 N–H and O–H groups in total. The Morgan fingerprint density at radius 1 is 1.43 bits per heavy atom. The number of nitrogens with zero attached hydrogens (tertiary/aromatic N) is 3. The Morgan fingerprint density at radius 2 is 2.14 bits per heavy atom. The summed E-state index contributed by atoms with van der Waals surface area (Å²) in [6, 6.07) is 4.35. The molecule has 0 aliphatic carbocycles. The number of hydrogen-bond donors (Lipinski definition) is 2. The van der Waals surface area contributed by atoms with Crippen molar-refractivity contribution in [3.8, 4) is 0 Å². The van der Waals surface area contributed by atoms with Crippen molar-refractivity contribution in [3.63, 3.8) is 0 Å². The van der Waals surface area contributed by atoms with Crippen molar-refractivity contribution in [2.24, 2.45) is 0 Å². The molecule has 1 aromatic carbocycles. The number of aromatic amines is 1. The topological polar surface area (TPSA) is 114 Å². The van der Waals surface area contributed by atoms with Crippen molar-refractivity contribution in [1.82, 2.24) is 15.2 Å². The van der Waals surface area contributed by atoms with Crippen LogP contribution in [-0.4, -0.2) is 26.0 Å². The van der Waals surface area contributed by atoms with Crippen molar-refractivity contribution in [2.45, 2.75) is 26.7 Å². The number of carbonyl (C=O) groups excluding carboxylic acids is 1. The average molecular weight is 289 g/mol. The molecule has 21 heavy (non-hydrogen) atoms. The third kappa shape index (κ3) is 3.22. The van der Waals surface area contributed by atoms with Gasteiger partial charge in [-0.1, -0.05) is 13.8 Å². The highest BCUT2D eigenvalue weighted by atomic mass is 16.6. The summed E-state index contributed by atoms with van der Waals surface area (Å²) < 4.78 is 0. The van der Waals surface area contributed by atoms with Crippen molar-refractivity contribution < 1.29 is 9.72 Å². The molecule has 0 unspecified atom stereocenters. The zero-order valence-corrected chi connectivity index (χ0v) is 11.9. The standard InChI is InChI=1S/C13H15N5O3/c1-7(2)11-15-12(17-16-11)13(19)14-9-4-5-10(18(20)21)8(3)6-9/h4-7H,1-3H3,(H,14,19)(H,15,16,17). The van der Waals surface area contributed by atoms with Gasteiger partial charge in [0.1, 0.15) is 5.82 Å². The fourth-order valence-corrected chi connectivity index (χ4v) is 1.76. The van der Waals surface area contributed by atoms with Crippen molar-refractivity contribution in [1.29, 1.82) is 0 Å². The Hall–Kier alpha value is -2.77. The minimum absolute atomic E-state index is 0.00740. The predicted molar refractivity (Wildman–Crippen MR) is 76.3 cm³/mol. The Morgan fingerprint density at radius 3 is 2.67 bits per heavy atom. The van der Waals surface area contributed by atoms with Crippen molar-refractivity contribution in [3.05, 3.63) is 45.5 Å². The fraction of sp³-hybridized carbons (Fsp3) is 0.308. The Kier molecular flexibility index (Phi) is 3.97. The molecule has 2 rings (SSSR count). The zero-order chi connectivity index (χ0) is 15.6. The van der Waals surface area contributed by atoms with Crippen LogP contribution >= 0.6 is 0 Å². The second-order valence-electron chi connectivity index (χ2n) is 4.91. The van der Waals surface area contributed by atoms with Gasteiger partial charge in [0, 0.05) is 23.2 Å². The molecular weight excluding hydrogens is 274 g/mol. The second-order valence-corrected chi connectivity index (χ2v) is 4.91. The van der Waals surface area contributed by atoms with Crippen LogP contribution < -0.4 is 5.32 Å². The van der Waals surface area contributed by atoms with Gasteiger partial charge >= 0.3 is 0 Å². The lowest BCUT2D eigenvalue weighted by Gasteiger charge is -2.04. The summed E-state index contributed by atoms with van der Waals surface area (Å²) in [5.74, 6) is 0.335. The van der Waals surface area contributed by atoms with Gasteiger partial charge in [-0.05, 0) is 19.1 Å². The van der Waals surface area contributed by atoms with Gasteiger partial charge in [0.15, 0.2) is 0 Å². The van der Waals surface area contributed by atoms with Gasteiger partial charge in [0.2, 0.25) is 5.82 Å². The van der Waals surface area contributed by atoms with Gasteiger partial charge in [-0.25, -0.2) is 4.98 Å². The summed E-state index contributed by atoms with van der Waals surface area (Å²) in [4.78, 5) is 26.3. The van der Waals surface area contributed by atoms with Crippen LogP contribution in [0.3, 0.4) is 0 Å². The molecule has 0 saturated heterocycles. The first-order valence-electron chi connectivity index (χ1n) is 6.37. The molecule has 0 aliphatic heterocycles. The van der Waals surface area contributed by atoms with E-state index in [0.29, 0.717) is 17.1 Å². The fourth-order valence-electron chi connectivity index (χ4n) is 1.76. The first kappa shape index (κ1) is 14.6. The molecule has 0 fully saturated rings. The van der Waals surface area contributed by atoms with E-state index in [1.807, 2.05) is 13.8 Å². The molecule has 0 radical (unpaired) electrons. The Labute approximate surface area is 120 Å². The number of nitrogens with one attached hydrogen (secondary N) is 2. The lowest BCUT2D eigenvalue weighted by atomic mass is 10.2. The number of aromatic nitrogens is 3. The van der Waals surface area contributed by atoms with Gasteiger partial charge in [-0.2, -0.15) is 0 Å². The Bertz CT molecular complexity index is 693. The third-order valence-electron chi connectivity index (χ3n) is 2.90. The van der Waals surface area contributed by atoms with E-state index in [9.17, 15) is 14.9 Å². The number of benzene rings is 1. The number of nitro groups is 1. The lowest BCUT2D eigenvalue weighted by Crippen LogP contribution is -2.14. The van der Waals surface area contributed by atoms with Gasteiger partial charge in [-0.3, -0.25) is 20.0 Å². The molecule has 0 bridgehead atoms. The molecule has 0 saturated carbocycles. The van der Waals surface area contributed by atoms with Crippen LogP contribution in [0.2, 0.25) is 0 Å². The van der Waals surface area contributed by atoms with E-state index in [1.54, 1.807) is 6.92 Å². The molecular formula is C13H15N5O3. The minimum Gasteiger partial charge on any atom is -0.319 e. The van der Waals surface area contributed by atoms with Crippen LogP contribution in [0.5, 0.6) is 0 Å². The number of H-pyrrole nitrogens is 1. The van der Waals surface area contributed by atoms with E-state index in [4.69, 9.17) is 0 Å². The summed E-state index contributed by atoms with van der Waals surface area (Å²) in [5, 5.41) is 19.9. The lowest BCUT2D eigenvalue weighted by molar-refractivity contribution is -0.385. The van der Waals surface area contributed by atoms with Crippen LogP contribution in [0.25, 0.3) is 0 Å². The zero-order valence-electron chi connectivity index (χ0n) is 11.9. The quantitative estimate of drug-likeness (QED) is 0.662. The van der Waals surface area contributed by atoms with E-state index < -0.39 is 10.8 Å². The van der Waals surface area contributed by atoms with Crippen LogP contribution in [0.15, 0.2) is 18.2 Å². The van der Waals surface area contributed by atoms with E-state index in [2.05, 4.69) is 20.5 Å². The van der Waals surface area contributed by atoms with E-state index in [-0.39, 0.29) is 17.4 Å². The molecule has 1 heterocycles. The predicted octanol–water partition coefficient (Wildman–Crippen LogP) is 2.40. The molecule has 1 amide bonds. The normalized spacial score (nSPS) is 10.7. The van der Waals surface area contributed by atoms with Crippen molar-refractivity contribution in [2.75, 3.05) is 5.32 Å². The van der Waals surface area contributed by atoms with Gasteiger partial charge in [0.25, 0.3) is 11.6 Å². The molecule has 0 aliphatic rings. The number of amides is 1. The third-order valence-corrected chi connectivity index (χ3v) is 2.90. The van der Waals surface area contributed by atoms with E-state index in [1.165, 1.54) is 18.2 Å². The molecule has 0 spiro atoms. The minimum atomic E-state index is -0.467. The van der Waals surface area contributed by atoms with Crippen LogP contribution in [0.4, 0.5) is 11.4 Å². The molecule has 8 heteroatoms. The summed E-state index contributed by atoms with van der Waals surface area (Å²) in [6.45, 7) is 5.47. The van der Waals surface area contributed by atoms with Gasteiger partial charge < -0.3 is 5.32 Å². The number of aryl methyl sites for hydroxylation is 1. The van der Waals surface area contributed by atoms with Crippen LogP contribution in [0, 0.1) is 17.0 Å². The Balaban J connectivity index is 2.15. The molecule has 1 aromatic heterocycles. The van der Waals surface area contributed by atoms with E-state index >= 15 is 0 Å². The summed E-state index contributed by atoms with van der Waals surface area (Å²) in [7, 11) is 0. The maximum Gasteiger partial charge on any atom is 0.295 e. The average Bonchev–Trinajstić information content (AvgIpc) is 2.88. The monoisotopic (exact) mass is 289 g/mol. The highest BCUT2D eigenvalue weighted by Gasteiger charge is 2.16. The molecule has 0 atom stereocenters. The molecule has 8 nitrogen and oxygen atoms in total. The number of nitro benzene ring substituents is 1. The number of rotatable bonds is 4. The van der Waals surface area contributed by atoms with Gasteiger partial charge in [-0.15, -0.1) is 5.10 Å². The summed E-state index contributed by atoms with van der Waals surface area (Å²) >= 11 is 0. The maximum atomic E-state index is 12.0. The largest absolute Gasteiger partial charge is 0.319 e. The highest BCUT2D eigenvalue weighted by molar-refractivity contribution is 6.01. The van der Waals surface area contributed by atoms with E-state index in [0.717, 1.165) is 0 Å². The van der Waals surface area contributed by atoms with Crippen LogP contribution in [0.1, 0.15) is 41.8 Å².